The van der Waals surface area contributed by atoms with E-state index in [2.05, 4.69) is 15.9 Å². The lowest BCUT2D eigenvalue weighted by Crippen LogP contribution is -2.50. The second-order valence-electron chi connectivity index (χ2n) is 10.7. The fraction of sp³-hybridized carbons (Fsp3) is 0.367. The number of hydrogen-bond donors (Lipinski definition) is 2. The first kappa shape index (κ1) is 32.0. The first-order valence-corrected chi connectivity index (χ1v) is 16.4. The predicted octanol–water partition coefficient (Wildman–Crippen LogP) is 3.18. The van der Waals surface area contributed by atoms with Crippen molar-refractivity contribution in [2.75, 3.05) is 45.9 Å². The van der Waals surface area contributed by atoms with E-state index in [1.54, 1.807) is 29.2 Å². The molecule has 0 saturated carbocycles. The van der Waals surface area contributed by atoms with Crippen molar-refractivity contribution in [3.05, 3.63) is 98.0 Å². The number of sulfonamides is 1. The summed E-state index contributed by atoms with van der Waals surface area (Å²) in [5.74, 6) is 0.402. The molecule has 234 valence electrons. The molecule has 0 aliphatic carbocycles. The molecule has 2 aliphatic heterocycles. The molecule has 0 bridgehead atoms. The fourth-order valence-corrected chi connectivity index (χ4v) is 7.47. The van der Waals surface area contributed by atoms with Gasteiger partial charge in [0.25, 0.3) is 11.6 Å². The summed E-state index contributed by atoms with van der Waals surface area (Å²) in [7, 11) is -3.94. The van der Waals surface area contributed by atoms with Crippen LogP contribution in [0.3, 0.4) is 0 Å². The lowest BCUT2D eigenvalue weighted by atomic mass is 10.0. The Morgan fingerprint density at radius 2 is 1.75 bits per heavy atom. The maximum Gasteiger partial charge on any atom is 0.270 e. The number of nitrogens with zero attached hydrogens (tertiary/aromatic N) is 4. The van der Waals surface area contributed by atoms with Crippen molar-refractivity contribution in [2.24, 2.45) is 0 Å². The van der Waals surface area contributed by atoms with Gasteiger partial charge in [0.05, 0.1) is 28.6 Å². The van der Waals surface area contributed by atoms with Gasteiger partial charge in [-0.2, -0.15) is 4.31 Å². The molecule has 0 aromatic heterocycles. The SMILES string of the molecule is O=C(c1ccc(COc2ccc(Br)cc2C2C(O)CCN2CCO)cc1)N1CCN(S(=O)(=O)c2cccc([N+](=O)[O-])c2)CC1. The number of carbonyl (C=O) groups excluding carboxylic acids is 1. The minimum Gasteiger partial charge on any atom is -0.489 e. The Morgan fingerprint density at radius 3 is 2.43 bits per heavy atom. The van der Waals surface area contributed by atoms with Gasteiger partial charge in [0.1, 0.15) is 12.4 Å². The molecule has 14 heteroatoms. The maximum absolute atomic E-state index is 13.2. The number of carbonyl (C=O) groups is 1. The van der Waals surface area contributed by atoms with Crippen LogP contribution in [-0.2, 0) is 16.6 Å². The fourth-order valence-electron chi connectivity index (χ4n) is 5.63. The van der Waals surface area contributed by atoms with Crippen molar-refractivity contribution < 1.29 is 33.1 Å². The van der Waals surface area contributed by atoms with E-state index in [1.807, 2.05) is 23.1 Å². The number of non-ortho nitro benzene ring substituents is 1. The predicted molar refractivity (Wildman–Crippen MR) is 165 cm³/mol. The van der Waals surface area contributed by atoms with Crippen LogP contribution in [0.25, 0.3) is 0 Å². The smallest absolute Gasteiger partial charge is 0.270 e. The Labute approximate surface area is 263 Å². The largest absolute Gasteiger partial charge is 0.489 e. The molecular formula is C30H33BrN4O8S. The number of halogens is 1. The van der Waals surface area contributed by atoms with Gasteiger partial charge in [-0.3, -0.25) is 19.8 Å². The van der Waals surface area contributed by atoms with Gasteiger partial charge in [-0.15, -0.1) is 0 Å². The molecule has 2 saturated heterocycles. The number of hydrogen-bond acceptors (Lipinski definition) is 9. The molecule has 2 fully saturated rings. The Morgan fingerprint density at radius 1 is 1.02 bits per heavy atom. The zero-order chi connectivity index (χ0) is 31.4. The highest BCUT2D eigenvalue weighted by molar-refractivity contribution is 9.10. The quantitative estimate of drug-likeness (QED) is 0.242. The molecule has 2 unspecified atom stereocenters. The Bertz CT molecular complexity index is 1610. The summed E-state index contributed by atoms with van der Waals surface area (Å²) in [6, 6.07) is 17.3. The zero-order valence-electron chi connectivity index (χ0n) is 23.8. The Hall–Kier alpha value is -3.40. The van der Waals surface area contributed by atoms with E-state index < -0.39 is 21.1 Å². The summed E-state index contributed by atoms with van der Waals surface area (Å²) in [5.41, 5.74) is 1.82. The number of likely N-dealkylation sites (tertiary alicyclic amines) is 1. The van der Waals surface area contributed by atoms with E-state index in [0.29, 0.717) is 30.8 Å². The molecule has 12 nitrogen and oxygen atoms in total. The average Bonchev–Trinajstić information content (AvgIpc) is 3.39. The number of nitro groups is 1. The Kier molecular flexibility index (Phi) is 9.97. The molecule has 3 aromatic carbocycles. The number of piperazine rings is 1. The number of rotatable bonds is 10. The summed E-state index contributed by atoms with van der Waals surface area (Å²) in [4.78, 5) is 27.1. The third-order valence-electron chi connectivity index (χ3n) is 7.93. The lowest BCUT2D eigenvalue weighted by Gasteiger charge is -2.34. The molecule has 44 heavy (non-hydrogen) atoms. The van der Waals surface area contributed by atoms with E-state index in [-0.39, 0.29) is 61.9 Å². The molecule has 0 radical (unpaired) electrons. The van der Waals surface area contributed by atoms with Crippen LogP contribution in [0.15, 0.2) is 76.1 Å². The first-order chi connectivity index (χ1) is 21.1. The molecular weight excluding hydrogens is 656 g/mol. The number of amides is 1. The molecule has 5 rings (SSSR count). The van der Waals surface area contributed by atoms with E-state index in [4.69, 9.17) is 4.74 Å². The van der Waals surface area contributed by atoms with Crippen molar-refractivity contribution in [1.29, 1.82) is 0 Å². The lowest BCUT2D eigenvalue weighted by molar-refractivity contribution is -0.385. The monoisotopic (exact) mass is 688 g/mol. The van der Waals surface area contributed by atoms with Crippen LogP contribution in [-0.4, -0.2) is 95.5 Å². The van der Waals surface area contributed by atoms with Gasteiger partial charge >= 0.3 is 0 Å². The maximum atomic E-state index is 13.2. The normalized spacial score (nSPS) is 19.7. The highest BCUT2D eigenvalue weighted by atomic mass is 79.9. The summed E-state index contributed by atoms with van der Waals surface area (Å²) in [5, 5.41) is 31.2. The van der Waals surface area contributed by atoms with E-state index >= 15 is 0 Å². The van der Waals surface area contributed by atoms with Gasteiger partial charge in [0, 0.05) is 67.0 Å². The van der Waals surface area contributed by atoms with Crippen LogP contribution in [0, 0.1) is 10.1 Å². The van der Waals surface area contributed by atoms with Gasteiger partial charge in [-0.25, -0.2) is 8.42 Å². The van der Waals surface area contributed by atoms with Crippen LogP contribution >= 0.6 is 15.9 Å². The van der Waals surface area contributed by atoms with Gasteiger partial charge in [-0.1, -0.05) is 34.1 Å². The third kappa shape index (κ3) is 6.95. The van der Waals surface area contributed by atoms with Crippen molar-refractivity contribution in [3.63, 3.8) is 0 Å². The number of aliphatic hydroxyl groups is 2. The van der Waals surface area contributed by atoms with Gasteiger partial charge in [0.2, 0.25) is 10.0 Å². The number of nitro benzene ring substituents is 1. The van der Waals surface area contributed by atoms with Gasteiger partial charge in [0.15, 0.2) is 0 Å². The van der Waals surface area contributed by atoms with Crippen molar-refractivity contribution in [3.8, 4) is 5.75 Å². The highest BCUT2D eigenvalue weighted by Gasteiger charge is 2.36. The molecule has 2 atom stereocenters. The molecule has 2 aliphatic rings. The molecule has 0 spiro atoms. The van der Waals surface area contributed by atoms with Crippen LogP contribution in [0.1, 0.15) is 33.9 Å². The van der Waals surface area contributed by atoms with E-state index in [1.165, 1.54) is 22.5 Å². The molecule has 2 heterocycles. The summed E-state index contributed by atoms with van der Waals surface area (Å²) >= 11 is 3.51. The average molecular weight is 690 g/mol. The number of ether oxygens (including phenoxy) is 1. The molecule has 2 N–H and O–H groups in total. The molecule has 1 amide bonds. The topological polar surface area (TPSA) is 154 Å². The van der Waals surface area contributed by atoms with Crippen molar-refractivity contribution in [1.82, 2.24) is 14.1 Å². The minimum absolute atomic E-state index is 0.00623. The van der Waals surface area contributed by atoms with Crippen molar-refractivity contribution in [2.45, 2.75) is 30.1 Å². The van der Waals surface area contributed by atoms with Gasteiger partial charge < -0.3 is 19.8 Å². The second-order valence-corrected chi connectivity index (χ2v) is 13.5. The second kappa shape index (κ2) is 13.7. The number of β-amino-alcohol motifs (C(OH)–C–C–N with tert-alkyl or cyclic N) is 1. The number of benzene rings is 3. The van der Waals surface area contributed by atoms with Crippen molar-refractivity contribution >= 4 is 37.5 Å². The van der Waals surface area contributed by atoms with E-state index in [9.17, 15) is 33.5 Å². The summed E-state index contributed by atoms with van der Waals surface area (Å²) < 4.78 is 34.3. The minimum atomic E-state index is -3.94. The highest BCUT2D eigenvalue weighted by Crippen LogP contribution is 2.39. The van der Waals surface area contributed by atoms with Crippen LogP contribution < -0.4 is 4.74 Å². The standard InChI is InChI=1S/C30H33BrN4O8S/c31-23-8-9-28(26(18-23)29-27(37)10-11-32(29)16-17-36)43-20-21-4-6-22(7-5-21)30(38)33-12-14-34(15-13-33)44(41,42)25-3-1-2-24(19-25)35(39)40/h1-9,18-19,27,29,36-37H,10-17,20H2. The van der Waals surface area contributed by atoms with Crippen LogP contribution in [0.4, 0.5) is 5.69 Å². The number of aliphatic hydroxyl groups excluding tert-OH is 2. The van der Waals surface area contributed by atoms with E-state index in [0.717, 1.165) is 21.7 Å². The van der Waals surface area contributed by atoms with Gasteiger partial charge in [-0.05, 0) is 48.4 Å². The summed E-state index contributed by atoms with van der Waals surface area (Å²) in [6.45, 7) is 1.87. The molecule has 3 aromatic rings. The van der Waals surface area contributed by atoms with Crippen LogP contribution in [0.2, 0.25) is 0 Å². The zero-order valence-corrected chi connectivity index (χ0v) is 26.2. The first-order valence-electron chi connectivity index (χ1n) is 14.2. The third-order valence-corrected chi connectivity index (χ3v) is 10.3. The Balaban J connectivity index is 1.20. The summed E-state index contributed by atoms with van der Waals surface area (Å²) in [6.07, 6.45) is 0.0275. The van der Waals surface area contributed by atoms with Crippen LogP contribution in [0.5, 0.6) is 5.75 Å².